The number of aromatic nitrogens is 2. The zero-order valence-electron chi connectivity index (χ0n) is 10.9. The van der Waals surface area contributed by atoms with Crippen molar-refractivity contribution in [3.05, 3.63) is 36.4 Å². The molecule has 0 fully saturated rings. The molecule has 0 saturated heterocycles. The molecule has 0 saturated carbocycles. The molecule has 1 unspecified atom stereocenters. The molecule has 0 aliphatic carbocycles. The highest BCUT2D eigenvalue weighted by atomic mass is 16.3. The Labute approximate surface area is 107 Å². The molecule has 0 radical (unpaired) electrons. The van der Waals surface area contributed by atoms with E-state index < -0.39 is 0 Å². The van der Waals surface area contributed by atoms with Gasteiger partial charge in [0.05, 0.1) is 6.26 Å². The zero-order chi connectivity index (χ0) is 13.0. The molecule has 2 heterocycles. The first-order valence-corrected chi connectivity index (χ1v) is 5.94. The Morgan fingerprint density at radius 2 is 2.22 bits per heavy atom. The van der Waals surface area contributed by atoms with Crippen LogP contribution in [0, 0.1) is 0 Å². The summed E-state index contributed by atoms with van der Waals surface area (Å²) >= 11 is 0. The highest BCUT2D eigenvalue weighted by Crippen LogP contribution is 2.11. The van der Waals surface area contributed by atoms with Gasteiger partial charge in [0.2, 0.25) is 5.95 Å². The summed E-state index contributed by atoms with van der Waals surface area (Å²) in [5.41, 5.74) is 0. The SMILES string of the molecule is CC(Cc1ccco1)Nc1ccnc(N(C)C)n1. The van der Waals surface area contributed by atoms with Crippen molar-refractivity contribution in [1.29, 1.82) is 0 Å². The van der Waals surface area contributed by atoms with Crippen LogP contribution >= 0.6 is 0 Å². The van der Waals surface area contributed by atoms with E-state index in [4.69, 9.17) is 4.42 Å². The number of nitrogens with zero attached hydrogens (tertiary/aromatic N) is 3. The molecule has 5 heteroatoms. The van der Waals surface area contributed by atoms with Gasteiger partial charge in [-0.15, -0.1) is 0 Å². The van der Waals surface area contributed by atoms with Crippen LogP contribution in [0.1, 0.15) is 12.7 Å². The van der Waals surface area contributed by atoms with Crippen LogP contribution in [0.25, 0.3) is 0 Å². The summed E-state index contributed by atoms with van der Waals surface area (Å²) in [7, 11) is 3.84. The fourth-order valence-corrected chi connectivity index (χ4v) is 1.68. The molecule has 0 aliphatic heterocycles. The van der Waals surface area contributed by atoms with Gasteiger partial charge in [0.1, 0.15) is 11.6 Å². The van der Waals surface area contributed by atoms with Gasteiger partial charge in [0.15, 0.2) is 0 Å². The molecule has 1 N–H and O–H groups in total. The second kappa shape index (κ2) is 5.53. The fraction of sp³-hybridized carbons (Fsp3) is 0.385. The quantitative estimate of drug-likeness (QED) is 0.876. The van der Waals surface area contributed by atoms with E-state index in [1.165, 1.54) is 0 Å². The molecule has 1 atom stereocenters. The summed E-state index contributed by atoms with van der Waals surface area (Å²) < 4.78 is 5.32. The van der Waals surface area contributed by atoms with E-state index in [9.17, 15) is 0 Å². The fourth-order valence-electron chi connectivity index (χ4n) is 1.68. The Bertz CT molecular complexity index is 481. The number of nitrogens with one attached hydrogen (secondary N) is 1. The van der Waals surface area contributed by atoms with E-state index in [0.717, 1.165) is 18.0 Å². The van der Waals surface area contributed by atoms with Crippen LogP contribution in [0.5, 0.6) is 0 Å². The maximum Gasteiger partial charge on any atom is 0.226 e. The van der Waals surface area contributed by atoms with E-state index in [-0.39, 0.29) is 6.04 Å². The van der Waals surface area contributed by atoms with Gasteiger partial charge in [-0.3, -0.25) is 0 Å². The van der Waals surface area contributed by atoms with Crippen molar-refractivity contribution in [2.24, 2.45) is 0 Å². The van der Waals surface area contributed by atoms with Gasteiger partial charge in [0.25, 0.3) is 0 Å². The van der Waals surface area contributed by atoms with Crippen LogP contribution in [0.2, 0.25) is 0 Å². The Morgan fingerprint density at radius 1 is 1.39 bits per heavy atom. The Kier molecular flexibility index (Phi) is 3.82. The van der Waals surface area contributed by atoms with Gasteiger partial charge < -0.3 is 14.6 Å². The van der Waals surface area contributed by atoms with E-state index in [1.54, 1.807) is 12.5 Å². The van der Waals surface area contributed by atoms with Crippen molar-refractivity contribution in [2.45, 2.75) is 19.4 Å². The number of anilines is 2. The number of hydrogen-bond acceptors (Lipinski definition) is 5. The maximum atomic E-state index is 5.32. The second-order valence-corrected chi connectivity index (χ2v) is 4.47. The third-order valence-electron chi connectivity index (χ3n) is 2.52. The minimum Gasteiger partial charge on any atom is -0.469 e. The summed E-state index contributed by atoms with van der Waals surface area (Å²) in [6.45, 7) is 2.10. The molecule has 0 aliphatic rings. The maximum absolute atomic E-state index is 5.32. The Morgan fingerprint density at radius 3 is 2.89 bits per heavy atom. The first-order valence-electron chi connectivity index (χ1n) is 5.94. The lowest BCUT2D eigenvalue weighted by Crippen LogP contribution is -2.20. The summed E-state index contributed by atoms with van der Waals surface area (Å²) in [4.78, 5) is 10.5. The van der Waals surface area contributed by atoms with Crippen molar-refractivity contribution < 1.29 is 4.42 Å². The average molecular weight is 246 g/mol. The van der Waals surface area contributed by atoms with Crippen LogP contribution in [0.15, 0.2) is 35.1 Å². The molecular formula is C13H18N4O. The zero-order valence-corrected chi connectivity index (χ0v) is 10.9. The van der Waals surface area contributed by atoms with Crippen LogP contribution in [-0.4, -0.2) is 30.1 Å². The lowest BCUT2D eigenvalue weighted by Gasteiger charge is -2.15. The molecular weight excluding hydrogens is 228 g/mol. The monoisotopic (exact) mass is 246 g/mol. The average Bonchev–Trinajstić information content (AvgIpc) is 2.82. The highest BCUT2D eigenvalue weighted by Gasteiger charge is 2.07. The third-order valence-corrected chi connectivity index (χ3v) is 2.52. The van der Waals surface area contributed by atoms with Gasteiger partial charge >= 0.3 is 0 Å². The first kappa shape index (κ1) is 12.4. The van der Waals surface area contributed by atoms with Gasteiger partial charge in [-0.2, -0.15) is 4.98 Å². The predicted octanol–water partition coefficient (Wildman–Crippen LogP) is 2.18. The van der Waals surface area contributed by atoms with E-state index in [1.807, 2.05) is 37.2 Å². The first-order chi connectivity index (χ1) is 8.65. The van der Waals surface area contributed by atoms with Crippen molar-refractivity contribution >= 4 is 11.8 Å². The van der Waals surface area contributed by atoms with E-state index in [2.05, 4.69) is 22.2 Å². The largest absolute Gasteiger partial charge is 0.469 e. The summed E-state index contributed by atoms with van der Waals surface area (Å²) in [5.74, 6) is 2.50. The highest BCUT2D eigenvalue weighted by molar-refractivity contribution is 5.41. The Hall–Kier alpha value is -2.04. The van der Waals surface area contributed by atoms with Gasteiger partial charge in [-0.05, 0) is 25.1 Å². The lowest BCUT2D eigenvalue weighted by molar-refractivity contribution is 0.497. The molecule has 0 aromatic carbocycles. The summed E-state index contributed by atoms with van der Waals surface area (Å²) in [6.07, 6.45) is 4.27. The third kappa shape index (κ3) is 3.23. The van der Waals surface area contributed by atoms with Crippen LogP contribution in [0.4, 0.5) is 11.8 Å². The standard InChI is InChI=1S/C13H18N4O/c1-10(9-11-5-4-8-18-11)15-12-6-7-14-13(16-12)17(2)3/h4-8,10H,9H2,1-3H3,(H,14,15,16). The molecule has 18 heavy (non-hydrogen) atoms. The van der Waals surface area contributed by atoms with Crippen LogP contribution < -0.4 is 10.2 Å². The Balaban J connectivity index is 1.98. The van der Waals surface area contributed by atoms with Gasteiger partial charge in [-0.1, -0.05) is 0 Å². The number of hydrogen-bond donors (Lipinski definition) is 1. The number of rotatable bonds is 5. The van der Waals surface area contributed by atoms with E-state index in [0.29, 0.717) is 5.95 Å². The number of furan rings is 1. The van der Waals surface area contributed by atoms with Crippen molar-refractivity contribution in [1.82, 2.24) is 9.97 Å². The van der Waals surface area contributed by atoms with Gasteiger partial charge in [0, 0.05) is 32.8 Å². The van der Waals surface area contributed by atoms with Crippen molar-refractivity contribution in [2.75, 3.05) is 24.3 Å². The van der Waals surface area contributed by atoms with E-state index >= 15 is 0 Å². The van der Waals surface area contributed by atoms with Gasteiger partial charge in [-0.25, -0.2) is 4.98 Å². The summed E-state index contributed by atoms with van der Waals surface area (Å²) in [6, 6.07) is 5.99. The predicted molar refractivity (Wildman–Crippen MR) is 71.9 cm³/mol. The molecule has 0 amide bonds. The normalized spacial score (nSPS) is 12.2. The minimum atomic E-state index is 0.251. The van der Waals surface area contributed by atoms with Crippen molar-refractivity contribution in [3.8, 4) is 0 Å². The smallest absolute Gasteiger partial charge is 0.226 e. The molecule has 0 spiro atoms. The molecule has 2 rings (SSSR count). The topological polar surface area (TPSA) is 54.2 Å². The molecule has 2 aromatic heterocycles. The van der Waals surface area contributed by atoms with Crippen LogP contribution in [-0.2, 0) is 6.42 Å². The van der Waals surface area contributed by atoms with Crippen LogP contribution in [0.3, 0.4) is 0 Å². The second-order valence-electron chi connectivity index (χ2n) is 4.47. The lowest BCUT2D eigenvalue weighted by atomic mass is 10.2. The molecule has 0 bridgehead atoms. The molecule has 5 nitrogen and oxygen atoms in total. The molecule has 96 valence electrons. The molecule has 2 aromatic rings. The minimum absolute atomic E-state index is 0.251. The van der Waals surface area contributed by atoms with Crippen molar-refractivity contribution in [3.63, 3.8) is 0 Å². The summed E-state index contributed by atoms with van der Waals surface area (Å²) in [5, 5.41) is 3.34.